The first-order valence-electron chi connectivity index (χ1n) is 5.85. The van der Waals surface area contributed by atoms with Crippen LogP contribution in [0.1, 0.15) is 17.4 Å². The Balaban J connectivity index is 2.21. The van der Waals surface area contributed by atoms with Gasteiger partial charge in [0.1, 0.15) is 6.04 Å². The highest BCUT2D eigenvalue weighted by molar-refractivity contribution is 5.14. The number of piperazine rings is 1. The van der Waals surface area contributed by atoms with Gasteiger partial charge in [-0.2, -0.15) is 0 Å². The van der Waals surface area contributed by atoms with Gasteiger partial charge >= 0.3 is 0 Å². The lowest BCUT2D eigenvalue weighted by Crippen LogP contribution is -2.47. The number of nitrogens with zero attached hydrogens (tertiary/aromatic N) is 2. The third-order valence-corrected chi connectivity index (χ3v) is 3.00. The predicted octanol–water partition coefficient (Wildman–Crippen LogP) is 1.60. The number of halogens is 2. The predicted molar refractivity (Wildman–Crippen MR) is 62.2 cm³/mol. The molecule has 0 bridgehead atoms. The summed E-state index contributed by atoms with van der Waals surface area (Å²) in [6.45, 7) is 4.63. The minimum absolute atomic E-state index is 0.474. The van der Waals surface area contributed by atoms with Gasteiger partial charge < -0.3 is 5.32 Å². The number of rotatable bonds is 3. The van der Waals surface area contributed by atoms with Crippen molar-refractivity contribution in [2.24, 2.45) is 0 Å². The minimum atomic E-state index is -2.40. The van der Waals surface area contributed by atoms with Crippen molar-refractivity contribution in [3.8, 4) is 0 Å². The van der Waals surface area contributed by atoms with E-state index >= 15 is 0 Å². The Hall–Kier alpha value is -1.07. The molecule has 2 heterocycles. The number of aromatic nitrogens is 1. The number of nitrogens with one attached hydrogen (secondary N) is 1. The zero-order valence-corrected chi connectivity index (χ0v) is 9.87. The fourth-order valence-electron chi connectivity index (χ4n) is 2.16. The van der Waals surface area contributed by atoms with Gasteiger partial charge in [-0.3, -0.25) is 9.88 Å². The molecule has 0 aliphatic carbocycles. The molecule has 1 atom stereocenters. The Kier molecular flexibility index (Phi) is 4.02. The maximum Gasteiger partial charge on any atom is 0.259 e. The molecule has 94 valence electrons. The second-order valence-electron chi connectivity index (χ2n) is 4.27. The highest BCUT2D eigenvalue weighted by Crippen LogP contribution is 2.26. The van der Waals surface area contributed by atoms with E-state index in [0.717, 1.165) is 18.8 Å². The summed E-state index contributed by atoms with van der Waals surface area (Å²) in [7, 11) is 0. The first-order chi connectivity index (χ1) is 8.18. The summed E-state index contributed by atoms with van der Waals surface area (Å²) in [5.74, 6) is 0. The summed E-state index contributed by atoms with van der Waals surface area (Å²) in [4.78, 5) is 6.04. The SMILES string of the molecule is Cc1cccc([C@@H](C(F)F)N2CCNCC2)n1. The van der Waals surface area contributed by atoms with Gasteiger partial charge in [-0.15, -0.1) is 0 Å². The van der Waals surface area contributed by atoms with Gasteiger partial charge in [0.25, 0.3) is 6.43 Å². The van der Waals surface area contributed by atoms with Crippen LogP contribution in [0.2, 0.25) is 0 Å². The van der Waals surface area contributed by atoms with E-state index in [1.165, 1.54) is 0 Å². The number of alkyl halides is 2. The summed E-state index contributed by atoms with van der Waals surface area (Å²) < 4.78 is 26.4. The number of hydrogen-bond acceptors (Lipinski definition) is 3. The summed E-state index contributed by atoms with van der Waals surface area (Å²) in [6, 6.07) is 4.42. The van der Waals surface area contributed by atoms with E-state index in [1.807, 2.05) is 17.9 Å². The van der Waals surface area contributed by atoms with Crippen molar-refractivity contribution in [3.05, 3.63) is 29.6 Å². The maximum atomic E-state index is 13.2. The molecule has 17 heavy (non-hydrogen) atoms. The van der Waals surface area contributed by atoms with Crippen molar-refractivity contribution in [1.29, 1.82) is 0 Å². The molecular formula is C12H17F2N3. The van der Waals surface area contributed by atoms with E-state index in [-0.39, 0.29) is 0 Å². The lowest BCUT2D eigenvalue weighted by molar-refractivity contribution is 0.0160. The first-order valence-corrected chi connectivity index (χ1v) is 5.85. The summed E-state index contributed by atoms with van der Waals surface area (Å²) >= 11 is 0. The highest BCUT2D eigenvalue weighted by atomic mass is 19.3. The maximum absolute atomic E-state index is 13.2. The molecule has 1 fully saturated rings. The molecule has 0 unspecified atom stereocenters. The van der Waals surface area contributed by atoms with Crippen LogP contribution in [0, 0.1) is 6.92 Å². The molecule has 1 aromatic rings. The van der Waals surface area contributed by atoms with Gasteiger partial charge in [0, 0.05) is 31.9 Å². The van der Waals surface area contributed by atoms with Crippen LogP contribution in [0.3, 0.4) is 0 Å². The van der Waals surface area contributed by atoms with Crippen LogP contribution in [0.25, 0.3) is 0 Å². The van der Waals surface area contributed by atoms with Crippen molar-refractivity contribution in [2.75, 3.05) is 26.2 Å². The van der Waals surface area contributed by atoms with Gasteiger partial charge in [-0.1, -0.05) is 6.07 Å². The van der Waals surface area contributed by atoms with Crippen LogP contribution >= 0.6 is 0 Å². The lowest BCUT2D eigenvalue weighted by atomic mass is 10.1. The smallest absolute Gasteiger partial charge is 0.259 e. The van der Waals surface area contributed by atoms with E-state index in [9.17, 15) is 8.78 Å². The van der Waals surface area contributed by atoms with E-state index < -0.39 is 12.5 Å². The molecule has 1 N–H and O–H groups in total. The minimum Gasteiger partial charge on any atom is -0.314 e. The Morgan fingerprint density at radius 3 is 2.59 bits per heavy atom. The molecule has 5 heteroatoms. The third kappa shape index (κ3) is 2.98. The van der Waals surface area contributed by atoms with E-state index in [4.69, 9.17) is 0 Å². The zero-order chi connectivity index (χ0) is 12.3. The van der Waals surface area contributed by atoms with Gasteiger partial charge in [-0.25, -0.2) is 8.78 Å². The standard InChI is InChI=1S/C12H17F2N3/c1-9-3-2-4-10(16-9)11(12(13)14)17-7-5-15-6-8-17/h2-4,11-12,15H,5-8H2,1H3/t11-/m0/s1. The second-order valence-corrected chi connectivity index (χ2v) is 4.27. The lowest BCUT2D eigenvalue weighted by Gasteiger charge is -2.34. The molecular weight excluding hydrogens is 224 g/mol. The van der Waals surface area contributed by atoms with Crippen LogP contribution < -0.4 is 5.32 Å². The van der Waals surface area contributed by atoms with E-state index in [0.29, 0.717) is 18.8 Å². The summed E-state index contributed by atoms with van der Waals surface area (Å²) in [6.07, 6.45) is -2.40. The van der Waals surface area contributed by atoms with E-state index in [1.54, 1.807) is 12.1 Å². The molecule has 0 spiro atoms. The van der Waals surface area contributed by atoms with Crippen LogP contribution in [0.5, 0.6) is 0 Å². The van der Waals surface area contributed by atoms with Crippen molar-refractivity contribution >= 4 is 0 Å². The Morgan fingerprint density at radius 2 is 2.00 bits per heavy atom. The molecule has 0 saturated carbocycles. The first kappa shape index (κ1) is 12.4. The van der Waals surface area contributed by atoms with Crippen LogP contribution in [0.15, 0.2) is 18.2 Å². The topological polar surface area (TPSA) is 28.2 Å². The largest absolute Gasteiger partial charge is 0.314 e. The number of pyridine rings is 1. The molecule has 0 amide bonds. The summed E-state index contributed by atoms with van der Waals surface area (Å²) in [5, 5.41) is 3.16. The molecule has 1 aliphatic heterocycles. The average Bonchev–Trinajstić information content (AvgIpc) is 2.30. The highest BCUT2D eigenvalue weighted by Gasteiger charge is 2.31. The molecule has 0 aromatic carbocycles. The summed E-state index contributed by atoms with van der Waals surface area (Å²) in [5.41, 5.74) is 1.25. The van der Waals surface area contributed by atoms with Crippen molar-refractivity contribution in [2.45, 2.75) is 19.4 Å². The third-order valence-electron chi connectivity index (χ3n) is 3.00. The second kappa shape index (κ2) is 5.51. The molecule has 1 aliphatic rings. The zero-order valence-electron chi connectivity index (χ0n) is 9.87. The fraction of sp³-hybridized carbons (Fsp3) is 0.583. The fourth-order valence-corrected chi connectivity index (χ4v) is 2.16. The van der Waals surface area contributed by atoms with Gasteiger partial charge in [0.2, 0.25) is 0 Å². The Morgan fingerprint density at radius 1 is 1.29 bits per heavy atom. The van der Waals surface area contributed by atoms with E-state index in [2.05, 4.69) is 10.3 Å². The van der Waals surface area contributed by atoms with Crippen molar-refractivity contribution in [3.63, 3.8) is 0 Å². The molecule has 1 saturated heterocycles. The Labute approximate surface area is 99.8 Å². The van der Waals surface area contributed by atoms with Crippen molar-refractivity contribution in [1.82, 2.24) is 15.2 Å². The van der Waals surface area contributed by atoms with Crippen LogP contribution in [-0.4, -0.2) is 42.5 Å². The number of hydrogen-bond donors (Lipinski definition) is 1. The quantitative estimate of drug-likeness (QED) is 0.871. The molecule has 3 nitrogen and oxygen atoms in total. The molecule has 0 radical (unpaired) electrons. The van der Waals surface area contributed by atoms with Crippen LogP contribution in [0.4, 0.5) is 8.78 Å². The Bertz CT molecular complexity index is 365. The normalized spacial score (nSPS) is 19.5. The average molecular weight is 241 g/mol. The molecule has 1 aromatic heterocycles. The molecule has 2 rings (SSSR count). The van der Waals surface area contributed by atoms with Gasteiger partial charge in [0.15, 0.2) is 0 Å². The monoisotopic (exact) mass is 241 g/mol. The van der Waals surface area contributed by atoms with Gasteiger partial charge in [-0.05, 0) is 19.1 Å². The van der Waals surface area contributed by atoms with Crippen molar-refractivity contribution < 1.29 is 8.78 Å². The van der Waals surface area contributed by atoms with Crippen LogP contribution in [-0.2, 0) is 0 Å². The van der Waals surface area contributed by atoms with Gasteiger partial charge in [0.05, 0.1) is 5.69 Å². The number of aryl methyl sites for hydroxylation is 1.